The third-order valence-electron chi connectivity index (χ3n) is 0.0722. The molecule has 8 heteroatoms. The van der Waals surface area contributed by atoms with Gasteiger partial charge in [-0.3, -0.25) is 0 Å². The third kappa shape index (κ3) is 15.9. The summed E-state index contributed by atoms with van der Waals surface area (Å²) < 4.78 is 30.6. The molecule has 55 valence electrons. The molecule has 0 heterocycles. The average molecular weight is 206 g/mol. The molecule has 0 aliphatic carbocycles. The van der Waals surface area contributed by atoms with Crippen molar-refractivity contribution in [3.8, 4) is 0 Å². The largest absolute Gasteiger partial charge is 0.369 e. The van der Waals surface area contributed by atoms with Crippen LogP contribution in [0.2, 0.25) is 0 Å². The predicted octanol–water partition coefficient (Wildman–Crippen LogP) is -0.277. The number of halogens is 1. The molecule has 8 heavy (non-hydrogen) atoms. The molecule has 0 aromatic rings. The van der Waals surface area contributed by atoms with E-state index in [1.807, 2.05) is 0 Å². The van der Waals surface area contributed by atoms with Crippen molar-refractivity contribution in [3.05, 3.63) is 0 Å². The van der Waals surface area contributed by atoms with Crippen LogP contribution in [0.15, 0.2) is 0 Å². The molecule has 0 aliphatic heterocycles. The first-order chi connectivity index (χ1) is 2.56. The number of hydrogen-bond donors (Lipinski definition) is 1. The quantitative estimate of drug-likeness (QED) is 0.362. The molecule has 0 rings (SSSR count). The first-order valence-corrected chi connectivity index (χ1v) is 2.60. The summed E-state index contributed by atoms with van der Waals surface area (Å²) in [6.07, 6.45) is 0. The van der Waals surface area contributed by atoms with Crippen LogP contribution < -0.4 is 6.15 Å². The minimum absolute atomic E-state index is 0. The fraction of sp³-hybridized carbons (Fsp3) is 0. The van der Waals surface area contributed by atoms with E-state index in [1.54, 1.807) is 0 Å². The molecule has 0 atom stereocenters. The fourth-order valence-electron chi connectivity index (χ4n) is 0. The van der Waals surface area contributed by atoms with E-state index >= 15 is 0 Å². The van der Waals surface area contributed by atoms with Crippen molar-refractivity contribution in [2.75, 3.05) is 0 Å². The Morgan fingerprint density at radius 2 is 1.62 bits per heavy atom. The van der Waals surface area contributed by atoms with Crippen LogP contribution in [0.3, 0.4) is 0 Å². The number of rotatable bonds is 1. The van der Waals surface area contributed by atoms with Gasteiger partial charge in [0.1, 0.15) is 0 Å². The summed E-state index contributed by atoms with van der Waals surface area (Å²) in [5.74, 6) is 0. The molecule has 0 aromatic carbocycles. The van der Waals surface area contributed by atoms with Crippen molar-refractivity contribution in [1.29, 1.82) is 0 Å². The Bertz CT molecular complexity index is 118. The van der Waals surface area contributed by atoms with Gasteiger partial charge in [-0.05, 0) is 0 Å². The van der Waals surface area contributed by atoms with Gasteiger partial charge in [0, 0.05) is 0 Å². The van der Waals surface area contributed by atoms with E-state index in [0.717, 1.165) is 0 Å². The summed E-state index contributed by atoms with van der Waals surface area (Å²) in [5, 5.41) is 0. The minimum Gasteiger partial charge on any atom is -0.369 e. The van der Waals surface area contributed by atoms with E-state index in [-0.39, 0.29) is 18.6 Å². The second kappa shape index (κ2) is 5.77. The van der Waals surface area contributed by atoms with Gasteiger partial charge in [-0.25, -0.2) is 0 Å². The zero-order chi connectivity index (χ0) is 5.21. The standard InChI is InChI=1S/ClH.Fe.H3N.H2O4S/c;;;1-5(2,3)4/h1H;;1H3;(H2,1,2,3,4)/q;+1;;/p-1. The van der Waals surface area contributed by atoms with Gasteiger partial charge < -0.3 is 6.15 Å². The van der Waals surface area contributed by atoms with Crippen molar-refractivity contribution < 1.29 is 32.6 Å². The summed E-state index contributed by atoms with van der Waals surface area (Å²) in [6.45, 7) is 0. The van der Waals surface area contributed by atoms with Crippen LogP contribution in [0.25, 0.3) is 0 Å². The topological polar surface area (TPSA) is 103 Å². The maximum absolute atomic E-state index is 9.16. The van der Waals surface area contributed by atoms with E-state index in [9.17, 15) is 0 Å². The van der Waals surface area contributed by atoms with Crippen molar-refractivity contribution in [2.24, 2.45) is 0 Å². The second-order valence-corrected chi connectivity index (χ2v) is 1.95. The van der Waals surface area contributed by atoms with Crippen LogP contribution >= 0.6 is 12.4 Å². The fourth-order valence-corrected chi connectivity index (χ4v) is 0. The van der Waals surface area contributed by atoms with Gasteiger partial charge in [0.25, 0.3) is 0 Å². The Morgan fingerprint density at radius 1 is 1.50 bits per heavy atom. The smallest absolute Gasteiger partial charge is 0.369 e. The Balaban J connectivity index is -0.000000125. The van der Waals surface area contributed by atoms with Crippen LogP contribution in [0.4, 0.5) is 0 Å². The molecule has 0 spiro atoms. The van der Waals surface area contributed by atoms with Gasteiger partial charge >= 0.3 is 43.0 Å². The van der Waals surface area contributed by atoms with Crippen LogP contribution in [0, 0.1) is 0 Å². The molecule has 0 fully saturated rings. The Labute approximate surface area is 61.9 Å². The Morgan fingerprint density at radius 3 is 1.62 bits per heavy atom. The summed E-state index contributed by atoms with van der Waals surface area (Å²) in [7, 11) is -4.52. The predicted molar refractivity (Wildman–Crippen MR) is 24.0 cm³/mol. The number of quaternary nitrogens is 1. The third-order valence-corrected chi connectivity index (χ3v) is 0.893. The van der Waals surface area contributed by atoms with Crippen LogP contribution in [0.5, 0.6) is 0 Å². The molecule has 0 bridgehead atoms. The van der Waals surface area contributed by atoms with Crippen molar-refractivity contribution >= 4 is 22.8 Å². The summed E-state index contributed by atoms with van der Waals surface area (Å²) in [5.41, 5.74) is 0. The Hall–Kier alpha value is 0.639. The van der Waals surface area contributed by atoms with Gasteiger partial charge in [0.05, 0.1) is 0 Å². The summed E-state index contributed by atoms with van der Waals surface area (Å²) in [4.78, 5) is 0. The molecular formula is H5ClFeNO4S. The van der Waals surface area contributed by atoms with E-state index in [4.69, 9.17) is 13.0 Å². The monoisotopic (exact) mass is 206 g/mol. The minimum atomic E-state index is -4.52. The van der Waals surface area contributed by atoms with Crippen molar-refractivity contribution in [1.82, 2.24) is 6.15 Å². The van der Waals surface area contributed by atoms with Gasteiger partial charge in [-0.15, -0.1) is 12.4 Å². The zero-order valence-corrected chi connectivity index (χ0v) is 6.54. The van der Waals surface area contributed by atoms with Crippen molar-refractivity contribution in [3.63, 3.8) is 0 Å². The molecular weight excluding hydrogens is 201 g/mol. The molecule has 0 amide bonds. The zero-order valence-electron chi connectivity index (χ0n) is 3.80. The molecule has 0 radical (unpaired) electrons. The molecule has 0 saturated heterocycles. The van der Waals surface area contributed by atoms with Gasteiger partial charge in [0.2, 0.25) is 0 Å². The van der Waals surface area contributed by atoms with Gasteiger partial charge in [-0.2, -0.15) is 0 Å². The van der Waals surface area contributed by atoms with Gasteiger partial charge in [0.15, 0.2) is 0 Å². The Kier molecular flexibility index (Phi) is 11.4. The molecule has 0 aromatic heterocycles. The SMILES string of the molecule is Cl.O=S(=O)([O-])[O][Fe].[NH4+]. The first-order valence-electron chi connectivity index (χ1n) is 0.811. The van der Waals surface area contributed by atoms with Crippen LogP contribution in [-0.2, 0) is 30.0 Å². The van der Waals surface area contributed by atoms with Crippen LogP contribution in [0.1, 0.15) is 0 Å². The van der Waals surface area contributed by atoms with E-state index < -0.39 is 10.4 Å². The van der Waals surface area contributed by atoms with E-state index in [1.165, 1.54) is 0 Å². The van der Waals surface area contributed by atoms with E-state index in [2.05, 4.69) is 19.6 Å². The summed E-state index contributed by atoms with van der Waals surface area (Å²) in [6, 6.07) is 0. The molecule has 0 aliphatic rings. The normalized spacial score (nSPS) is 8.75. The second-order valence-electron chi connectivity index (χ2n) is 0.467. The maximum atomic E-state index is 9.16. The van der Waals surface area contributed by atoms with E-state index in [0.29, 0.717) is 0 Å². The first kappa shape index (κ1) is 15.9. The van der Waals surface area contributed by atoms with Crippen LogP contribution in [-0.4, -0.2) is 13.0 Å². The maximum Gasteiger partial charge on any atom is -0.369 e. The van der Waals surface area contributed by atoms with Gasteiger partial charge in [-0.1, -0.05) is 0 Å². The molecule has 0 unspecified atom stereocenters. The molecule has 4 N–H and O–H groups in total. The summed E-state index contributed by atoms with van der Waals surface area (Å²) >= 11 is 2.36. The molecule has 0 saturated carbocycles. The average Bonchev–Trinajstić information content (AvgIpc) is 1.35. The van der Waals surface area contributed by atoms with Crippen molar-refractivity contribution in [2.45, 2.75) is 0 Å². The number of hydrogen-bond acceptors (Lipinski definition) is 4. The molecule has 5 nitrogen and oxygen atoms in total.